The molecule has 0 atom stereocenters. The first-order chi connectivity index (χ1) is 12.8. The van der Waals surface area contributed by atoms with Crippen LogP contribution in [0, 0.1) is 10.1 Å². The lowest BCUT2D eigenvalue weighted by atomic mass is 10.2. The van der Waals surface area contributed by atoms with Gasteiger partial charge in [-0.05, 0) is 62.0 Å². The summed E-state index contributed by atoms with van der Waals surface area (Å²) >= 11 is 5.05. The molecule has 0 saturated carbocycles. The van der Waals surface area contributed by atoms with Gasteiger partial charge in [-0.1, -0.05) is 6.07 Å². The van der Waals surface area contributed by atoms with Gasteiger partial charge in [-0.15, -0.1) is 0 Å². The minimum Gasteiger partial charge on any atom is -0.423 e. The van der Waals surface area contributed by atoms with Crippen LogP contribution in [0.3, 0.4) is 0 Å². The topological polar surface area (TPSA) is 106 Å². The van der Waals surface area contributed by atoms with Crippen LogP contribution in [0.2, 0.25) is 0 Å². The highest BCUT2D eigenvalue weighted by Gasteiger charge is 2.13. The molecule has 8 nitrogen and oxygen atoms in total. The largest absolute Gasteiger partial charge is 0.423 e. The molecule has 0 amide bonds. The number of nitrogens with one attached hydrogen (secondary N) is 2. The third-order valence-electron chi connectivity index (χ3n) is 3.18. The molecule has 0 bridgehead atoms. The molecule has 0 aliphatic rings. The van der Waals surface area contributed by atoms with Gasteiger partial charge in [0.15, 0.2) is 5.11 Å². The molecule has 27 heavy (non-hydrogen) atoms. The van der Waals surface area contributed by atoms with E-state index in [2.05, 4.69) is 15.8 Å². The number of hydrogen-bond acceptors (Lipinski definition) is 6. The molecule has 0 heterocycles. The van der Waals surface area contributed by atoms with E-state index in [-0.39, 0.29) is 17.3 Å². The van der Waals surface area contributed by atoms with Crippen molar-refractivity contribution in [1.82, 2.24) is 10.7 Å². The van der Waals surface area contributed by atoms with Gasteiger partial charge in [-0.3, -0.25) is 15.5 Å². The monoisotopic (exact) mass is 386 g/mol. The van der Waals surface area contributed by atoms with Crippen LogP contribution in [0.5, 0.6) is 5.75 Å². The van der Waals surface area contributed by atoms with Crippen LogP contribution < -0.4 is 15.5 Å². The van der Waals surface area contributed by atoms with Gasteiger partial charge in [-0.2, -0.15) is 5.10 Å². The lowest BCUT2D eigenvalue weighted by Gasteiger charge is -2.09. The Labute approximate surface area is 161 Å². The summed E-state index contributed by atoms with van der Waals surface area (Å²) in [6, 6.07) is 12.2. The van der Waals surface area contributed by atoms with Gasteiger partial charge in [-0.25, -0.2) is 4.79 Å². The molecule has 0 unspecified atom stereocenters. The van der Waals surface area contributed by atoms with E-state index in [1.807, 2.05) is 13.8 Å². The van der Waals surface area contributed by atoms with Gasteiger partial charge >= 0.3 is 5.97 Å². The number of nitrogens with zero attached hydrogens (tertiary/aromatic N) is 2. The van der Waals surface area contributed by atoms with E-state index < -0.39 is 10.9 Å². The van der Waals surface area contributed by atoms with Crippen molar-refractivity contribution >= 4 is 35.2 Å². The third kappa shape index (κ3) is 6.48. The minimum absolute atomic E-state index is 0.102. The van der Waals surface area contributed by atoms with Crippen LogP contribution in [0.4, 0.5) is 5.69 Å². The summed E-state index contributed by atoms with van der Waals surface area (Å²) < 4.78 is 5.22. The molecule has 0 aromatic heterocycles. The summed E-state index contributed by atoms with van der Waals surface area (Å²) in [6.07, 6.45) is 1.57. The fourth-order valence-corrected chi connectivity index (χ4v) is 2.28. The Balaban J connectivity index is 1.95. The zero-order valence-corrected chi connectivity index (χ0v) is 15.5. The fourth-order valence-electron chi connectivity index (χ4n) is 1.99. The molecule has 0 radical (unpaired) electrons. The maximum Gasteiger partial charge on any atom is 0.343 e. The smallest absolute Gasteiger partial charge is 0.343 e. The second kappa shape index (κ2) is 9.39. The van der Waals surface area contributed by atoms with Gasteiger partial charge in [0.05, 0.1) is 16.7 Å². The van der Waals surface area contributed by atoms with Crippen LogP contribution in [-0.4, -0.2) is 28.3 Å². The van der Waals surface area contributed by atoms with Crippen LogP contribution in [0.15, 0.2) is 53.6 Å². The lowest BCUT2D eigenvalue weighted by Crippen LogP contribution is -2.36. The zero-order valence-electron chi connectivity index (χ0n) is 14.7. The number of thiocarbonyl (C=S) groups is 1. The summed E-state index contributed by atoms with van der Waals surface area (Å²) in [5, 5.41) is 18.2. The molecule has 9 heteroatoms. The standard InChI is InChI=1S/C18H18N4O4S/c1-12(2)20-18(27)21-19-11-13-6-8-16(9-7-13)26-17(23)14-4-3-5-15(10-14)22(24)25/h3-12H,1-2H3,(H2,20,21,27)/b19-11-. The molecular weight excluding hydrogens is 368 g/mol. The maximum atomic E-state index is 12.1. The average Bonchev–Trinajstić information content (AvgIpc) is 2.62. The van der Waals surface area contributed by atoms with E-state index in [1.54, 1.807) is 30.5 Å². The molecule has 2 aromatic rings. The first kappa shape index (κ1) is 20.0. The van der Waals surface area contributed by atoms with E-state index in [1.165, 1.54) is 24.3 Å². The van der Waals surface area contributed by atoms with E-state index in [4.69, 9.17) is 17.0 Å². The van der Waals surface area contributed by atoms with E-state index in [9.17, 15) is 14.9 Å². The molecule has 0 aliphatic carbocycles. The Bertz CT molecular complexity index is 866. The molecule has 0 aliphatic heterocycles. The zero-order chi connectivity index (χ0) is 19.8. The van der Waals surface area contributed by atoms with Crippen molar-refractivity contribution in [2.45, 2.75) is 19.9 Å². The first-order valence-electron chi connectivity index (χ1n) is 8.01. The quantitative estimate of drug-likeness (QED) is 0.196. The van der Waals surface area contributed by atoms with Gasteiger partial charge in [0.2, 0.25) is 0 Å². The van der Waals surface area contributed by atoms with Gasteiger partial charge in [0.1, 0.15) is 5.75 Å². The van der Waals surface area contributed by atoms with Crippen molar-refractivity contribution in [2.75, 3.05) is 0 Å². The van der Waals surface area contributed by atoms with Crippen molar-refractivity contribution < 1.29 is 14.5 Å². The van der Waals surface area contributed by atoms with Crippen molar-refractivity contribution in [3.05, 3.63) is 69.8 Å². The Morgan fingerprint density at radius 3 is 2.59 bits per heavy atom. The SMILES string of the molecule is CC(C)NC(=S)N/N=C\c1ccc(OC(=O)c2cccc([N+](=O)[O-])c2)cc1. The van der Waals surface area contributed by atoms with Crippen molar-refractivity contribution in [1.29, 1.82) is 0 Å². The number of carbonyl (C=O) groups excluding carboxylic acids is 1. The van der Waals surface area contributed by atoms with Crippen LogP contribution in [-0.2, 0) is 0 Å². The van der Waals surface area contributed by atoms with Gasteiger partial charge in [0, 0.05) is 18.2 Å². The molecule has 2 rings (SSSR count). The highest BCUT2D eigenvalue weighted by atomic mass is 32.1. The number of nitro benzene ring substituents is 1. The Kier molecular flexibility index (Phi) is 6.95. The Morgan fingerprint density at radius 2 is 1.96 bits per heavy atom. The Hall–Kier alpha value is -3.33. The average molecular weight is 386 g/mol. The second-order valence-corrected chi connectivity index (χ2v) is 6.17. The predicted octanol–water partition coefficient (Wildman–Crippen LogP) is 3.02. The van der Waals surface area contributed by atoms with Crippen LogP contribution in [0.1, 0.15) is 29.8 Å². The molecule has 2 aromatic carbocycles. The highest BCUT2D eigenvalue weighted by molar-refractivity contribution is 7.80. The first-order valence-corrected chi connectivity index (χ1v) is 8.42. The number of benzene rings is 2. The van der Waals surface area contributed by atoms with Crippen molar-refractivity contribution in [2.24, 2.45) is 5.10 Å². The molecule has 0 saturated heterocycles. The number of hydrogen-bond donors (Lipinski definition) is 2. The third-order valence-corrected chi connectivity index (χ3v) is 3.39. The molecule has 0 spiro atoms. The maximum absolute atomic E-state index is 12.1. The molecular formula is C18H18N4O4S. The number of ether oxygens (including phenoxy) is 1. The van der Waals surface area contributed by atoms with Crippen molar-refractivity contribution in [3.63, 3.8) is 0 Å². The summed E-state index contributed by atoms with van der Waals surface area (Å²) in [4.78, 5) is 22.3. The number of carbonyl (C=O) groups is 1. The summed E-state index contributed by atoms with van der Waals surface area (Å²) in [7, 11) is 0. The second-order valence-electron chi connectivity index (χ2n) is 5.76. The number of hydrazone groups is 1. The van der Waals surface area contributed by atoms with E-state index in [0.29, 0.717) is 10.9 Å². The summed E-state index contributed by atoms with van der Waals surface area (Å²) in [6.45, 7) is 3.93. The molecule has 0 fully saturated rings. The van der Waals surface area contributed by atoms with Gasteiger partial charge in [0.25, 0.3) is 5.69 Å². The van der Waals surface area contributed by atoms with Crippen LogP contribution >= 0.6 is 12.2 Å². The number of nitro groups is 1. The Morgan fingerprint density at radius 1 is 1.26 bits per heavy atom. The molecule has 2 N–H and O–H groups in total. The highest BCUT2D eigenvalue weighted by Crippen LogP contribution is 2.17. The van der Waals surface area contributed by atoms with E-state index in [0.717, 1.165) is 5.56 Å². The predicted molar refractivity (Wildman–Crippen MR) is 106 cm³/mol. The summed E-state index contributed by atoms with van der Waals surface area (Å²) in [5.74, 6) is -0.361. The number of non-ortho nitro benzene ring substituents is 1. The molecule has 140 valence electrons. The number of esters is 1. The normalized spacial score (nSPS) is 10.6. The van der Waals surface area contributed by atoms with Crippen LogP contribution in [0.25, 0.3) is 0 Å². The lowest BCUT2D eigenvalue weighted by molar-refractivity contribution is -0.384. The fraction of sp³-hybridized carbons (Fsp3) is 0.167. The number of rotatable bonds is 6. The van der Waals surface area contributed by atoms with E-state index >= 15 is 0 Å². The van der Waals surface area contributed by atoms with Gasteiger partial charge < -0.3 is 10.1 Å². The summed E-state index contributed by atoms with van der Waals surface area (Å²) in [5.41, 5.74) is 3.39. The minimum atomic E-state index is -0.674. The van der Waals surface area contributed by atoms with Crippen molar-refractivity contribution in [3.8, 4) is 5.75 Å².